The third-order valence-corrected chi connectivity index (χ3v) is 3.72. The maximum Gasteiger partial charge on any atom is 0.146 e. The Bertz CT molecular complexity index is 386. The molecule has 0 spiro atoms. The van der Waals surface area contributed by atoms with Gasteiger partial charge in [-0.2, -0.15) is 0 Å². The molecule has 1 heterocycles. The molecular formula is C12H19N3OS. The highest BCUT2D eigenvalue weighted by molar-refractivity contribution is 7.84. The van der Waals surface area contributed by atoms with Gasteiger partial charge in [-0.25, -0.2) is 18.9 Å². The predicted molar refractivity (Wildman–Crippen MR) is 70.6 cm³/mol. The summed E-state index contributed by atoms with van der Waals surface area (Å²) in [5.41, 5.74) is 0. The maximum absolute atomic E-state index is 12.0. The highest BCUT2D eigenvalue weighted by Gasteiger charge is 2.24. The molecule has 0 amide bonds. The largest absolute Gasteiger partial charge is 0.242 e. The van der Waals surface area contributed by atoms with Crippen LogP contribution >= 0.6 is 0 Å². The molecule has 0 fully saturated rings. The van der Waals surface area contributed by atoms with Crippen molar-refractivity contribution in [3.05, 3.63) is 36.9 Å². The fourth-order valence-corrected chi connectivity index (χ4v) is 1.98. The van der Waals surface area contributed by atoms with Crippen LogP contribution < -0.4 is 4.72 Å². The normalized spacial score (nSPS) is 15.2. The van der Waals surface area contributed by atoms with Crippen LogP contribution in [0, 0.1) is 0 Å². The van der Waals surface area contributed by atoms with Crippen LogP contribution in [0.4, 0.5) is 0 Å². The quantitative estimate of drug-likeness (QED) is 0.818. The molecule has 1 rings (SSSR count). The summed E-state index contributed by atoms with van der Waals surface area (Å²) >= 11 is 0. The number of aromatic nitrogens is 2. The van der Waals surface area contributed by atoms with Crippen molar-refractivity contribution >= 4 is 11.0 Å². The average molecular weight is 253 g/mol. The smallest absolute Gasteiger partial charge is 0.146 e. The van der Waals surface area contributed by atoms with Crippen LogP contribution in [0.3, 0.4) is 0 Å². The van der Waals surface area contributed by atoms with E-state index in [-0.39, 0.29) is 10.8 Å². The highest BCUT2D eigenvalue weighted by Crippen LogP contribution is 2.17. The van der Waals surface area contributed by atoms with Crippen LogP contribution in [0.1, 0.15) is 39.1 Å². The zero-order valence-electron chi connectivity index (χ0n) is 10.5. The molecule has 1 aromatic heterocycles. The second-order valence-electron chi connectivity index (χ2n) is 4.68. The molecule has 0 saturated carbocycles. The lowest BCUT2D eigenvalue weighted by molar-refractivity contribution is 0.583. The lowest BCUT2D eigenvalue weighted by Gasteiger charge is -2.22. The minimum atomic E-state index is -1.15. The molecule has 5 heteroatoms. The van der Waals surface area contributed by atoms with Gasteiger partial charge in [0.25, 0.3) is 0 Å². The molecule has 17 heavy (non-hydrogen) atoms. The standard InChI is InChI=1S/C12H19N3OS/c1-5-7-10(11-13-8-6-9-14-11)15-17(16)12(2,3)4/h5-6,8-10,15H,1,7H2,2-4H3. The first-order valence-corrected chi connectivity index (χ1v) is 6.66. The van der Waals surface area contributed by atoms with E-state index in [9.17, 15) is 4.21 Å². The summed E-state index contributed by atoms with van der Waals surface area (Å²) in [4.78, 5) is 8.35. The molecule has 0 aliphatic carbocycles. The summed E-state index contributed by atoms with van der Waals surface area (Å²) in [6.45, 7) is 9.47. The summed E-state index contributed by atoms with van der Waals surface area (Å²) in [5.74, 6) is 0.644. The van der Waals surface area contributed by atoms with E-state index in [4.69, 9.17) is 0 Å². The van der Waals surface area contributed by atoms with Gasteiger partial charge in [-0.05, 0) is 33.3 Å². The molecule has 94 valence electrons. The van der Waals surface area contributed by atoms with Gasteiger partial charge >= 0.3 is 0 Å². The number of rotatable bonds is 5. The van der Waals surface area contributed by atoms with Crippen molar-refractivity contribution in [1.29, 1.82) is 0 Å². The molecular weight excluding hydrogens is 234 g/mol. The minimum Gasteiger partial charge on any atom is -0.242 e. The maximum atomic E-state index is 12.0. The van der Waals surface area contributed by atoms with E-state index in [1.807, 2.05) is 20.8 Å². The van der Waals surface area contributed by atoms with Crippen molar-refractivity contribution in [2.75, 3.05) is 0 Å². The van der Waals surface area contributed by atoms with E-state index >= 15 is 0 Å². The van der Waals surface area contributed by atoms with Crippen molar-refractivity contribution in [1.82, 2.24) is 14.7 Å². The molecule has 0 saturated heterocycles. The molecule has 0 aromatic carbocycles. The van der Waals surface area contributed by atoms with Crippen LogP contribution in [0.15, 0.2) is 31.1 Å². The van der Waals surface area contributed by atoms with Crippen molar-refractivity contribution in [2.45, 2.75) is 38.0 Å². The first-order valence-electron chi connectivity index (χ1n) is 5.51. The summed E-state index contributed by atoms with van der Waals surface area (Å²) in [6.07, 6.45) is 5.78. The van der Waals surface area contributed by atoms with Gasteiger partial charge in [0.15, 0.2) is 0 Å². The second kappa shape index (κ2) is 6.02. The van der Waals surface area contributed by atoms with Crippen molar-refractivity contribution in [3.63, 3.8) is 0 Å². The van der Waals surface area contributed by atoms with Gasteiger partial charge in [-0.1, -0.05) is 6.08 Å². The summed E-state index contributed by atoms with van der Waals surface area (Å²) in [6, 6.07) is 1.60. The van der Waals surface area contributed by atoms with Crippen LogP contribution in [0.25, 0.3) is 0 Å². The van der Waals surface area contributed by atoms with Gasteiger partial charge in [0.2, 0.25) is 0 Å². The second-order valence-corrected chi connectivity index (χ2v) is 6.68. The summed E-state index contributed by atoms with van der Waals surface area (Å²) in [7, 11) is -1.15. The zero-order valence-corrected chi connectivity index (χ0v) is 11.3. The van der Waals surface area contributed by atoms with Crippen molar-refractivity contribution in [2.24, 2.45) is 0 Å². The van der Waals surface area contributed by atoms with Crippen LogP contribution in [-0.4, -0.2) is 18.9 Å². The fourth-order valence-electron chi connectivity index (χ4n) is 1.17. The van der Waals surface area contributed by atoms with Gasteiger partial charge < -0.3 is 0 Å². The Balaban J connectivity index is 2.81. The van der Waals surface area contributed by atoms with Crippen molar-refractivity contribution in [3.8, 4) is 0 Å². The monoisotopic (exact) mass is 253 g/mol. The van der Waals surface area contributed by atoms with Crippen LogP contribution in [0.5, 0.6) is 0 Å². The SMILES string of the molecule is C=CCC(NS(=O)C(C)(C)C)c1ncccn1. The number of hydrogen-bond acceptors (Lipinski definition) is 3. The molecule has 1 aromatic rings. The lowest BCUT2D eigenvalue weighted by atomic mass is 10.2. The lowest BCUT2D eigenvalue weighted by Crippen LogP contribution is -2.36. The Morgan fingerprint density at radius 3 is 2.53 bits per heavy atom. The third kappa shape index (κ3) is 4.36. The van der Waals surface area contributed by atoms with E-state index in [2.05, 4.69) is 21.3 Å². The van der Waals surface area contributed by atoms with Gasteiger partial charge in [0, 0.05) is 12.4 Å². The van der Waals surface area contributed by atoms with Gasteiger partial charge in [0.1, 0.15) is 5.82 Å². The Kier molecular flexibility index (Phi) is 4.96. The topological polar surface area (TPSA) is 54.9 Å². The first kappa shape index (κ1) is 14.0. The Labute approximate surface area is 105 Å². The minimum absolute atomic E-state index is 0.159. The third-order valence-electron chi connectivity index (χ3n) is 2.11. The Morgan fingerprint density at radius 2 is 2.06 bits per heavy atom. The van der Waals surface area contributed by atoms with E-state index in [1.54, 1.807) is 24.5 Å². The predicted octanol–water partition coefficient (Wildman–Crippen LogP) is 2.15. The van der Waals surface area contributed by atoms with E-state index < -0.39 is 11.0 Å². The molecule has 2 unspecified atom stereocenters. The van der Waals surface area contributed by atoms with E-state index in [0.29, 0.717) is 12.2 Å². The van der Waals surface area contributed by atoms with E-state index in [1.165, 1.54) is 0 Å². The van der Waals surface area contributed by atoms with Crippen LogP contribution in [-0.2, 0) is 11.0 Å². The van der Waals surface area contributed by atoms with Crippen molar-refractivity contribution < 1.29 is 4.21 Å². The zero-order chi connectivity index (χ0) is 12.9. The highest BCUT2D eigenvalue weighted by atomic mass is 32.2. The Morgan fingerprint density at radius 1 is 1.47 bits per heavy atom. The molecule has 4 nitrogen and oxygen atoms in total. The summed E-state index contributed by atoms with van der Waals surface area (Å²) in [5, 5.41) is 0. The fraction of sp³-hybridized carbons (Fsp3) is 0.500. The number of nitrogens with one attached hydrogen (secondary N) is 1. The molecule has 0 aliphatic rings. The average Bonchev–Trinajstić information content (AvgIpc) is 2.28. The first-order chi connectivity index (χ1) is 7.95. The number of hydrogen-bond donors (Lipinski definition) is 1. The Hall–Kier alpha value is -1.07. The molecule has 1 N–H and O–H groups in total. The molecule has 0 bridgehead atoms. The molecule has 0 radical (unpaired) electrons. The van der Waals surface area contributed by atoms with Crippen LogP contribution in [0.2, 0.25) is 0 Å². The summed E-state index contributed by atoms with van der Waals surface area (Å²) < 4.78 is 14.8. The van der Waals surface area contributed by atoms with Gasteiger partial charge in [0.05, 0.1) is 21.8 Å². The number of nitrogens with zero attached hydrogens (tertiary/aromatic N) is 2. The van der Waals surface area contributed by atoms with Gasteiger partial charge in [-0.3, -0.25) is 0 Å². The molecule has 0 aliphatic heterocycles. The van der Waals surface area contributed by atoms with Gasteiger partial charge in [-0.15, -0.1) is 6.58 Å². The molecule has 2 atom stereocenters. The van der Waals surface area contributed by atoms with E-state index in [0.717, 1.165) is 0 Å².